The quantitative estimate of drug-likeness (QED) is 0.753. The van der Waals surface area contributed by atoms with Crippen LogP contribution in [0.25, 0.3) is 6.08 Å². The molecule has 1 amide bonds. The molecule has 0 aliphatic rings. The molecular formula is C17H13ClF3NO. The number of alkyl halides is 3. The summed E-state index contributed by atoms with van der Waals surface area (Å²) in [6.07, 6.45) is -1.71. The normalized spacial score (nSPS) is 11.7. The van der Waals surface area contributed by atoms with Gasteiger partial charge in [0.05, 0.1) is 16.3 Å². The van der Waals surface area contributed by atoms with Crippen LogP contribution in [0.4, 0.5) is 18.9 Å². The average molecular weight is 340 g/mol. The number of aryl methyl sites for hydroxylation is 1. The molecule has 2 rings (SSSR count). The number of halogens is 4. The van der Waals surface area contributed by atoms with E-state index in [-0.39, 0.29) is 0 Å². The van der Waals surface area contributed by atoms with E-state index in [1.54, 1.807) is 18.2 Å². The molecule has 0 saturated carbocycles. The highest BCUT2D eigenvalue weighted by Crippen LogP contribution is 2.29. The Kier molecular flexibility index (Phi) is 5.11. The predicted molar refractivity (Wildman–Crippen MR) is 85.3 cm³/mol. The largest absolute Gasteiger partial charge is 0.416 e. The SMILES string of the molecule is Cc1ccc(NC(=O)/C=C/c2ccc(C(F)(F)F)cc2)c(Cl)c1. The van der Waals surface area contributed by atoms with Crippen molar-refractivity contribution in [1.29, 1.82) is 0 Å². The zero-order valence-electron chi connectivity index (χ0n) is 12.1. The summed E-state index contributed by atoms with van der Waals surface area (Å²) in [7, 11) is 0. The summed E-state index contributed by atoms with van der Waals surface area (Å²) >= 11 is 6.01. The second-order valence-electron chi connectivity index (χ2n) is 4.93. The Hall–Kier alpha value is -2.27. The number of amides is 1. The van der Waals surface area contributed by atoms with Crippen LogP contribution in [0.1, 0.15) is 16.7 Å². The molecule has 0 aliphatic carbocycles. The fourth-order valence-corrected chi connectivity index (χ4v) is 2.13. The summed E-state index contributed by atoms with van der Waals surface area (Å²) in [5.74, 6) is -0.421. The van der Waals surface area contributed by atoms with Gasteiger partial charge in [-0.25, -0.2) is 0 Å². The van der Waals surface area contributed by atoms with Crippen LogP contribution < -0.4 is 5.32 Å². The van der Waals surface area contributed by atoms with Crippen molar-refractivity contribution in [2.75, 3.05) is 5.32 Å². The van der Waals surface area contributed by atoms with E-state index < -0.39 is 17.6 Å². The van der Waals surface area contributed by atoms with Crippen molar-refractivity contribution in [2.24, 2.45) is 0 Å². The molecule has 120 valence electrons. The van der Waals surface area contributed by atoms with Gasteiger partial charge in [0.25, 0.3) is 0 Å². The Morgan fingerprint density at radius 1 is 1.13 bits per heavy atom. The van der Waals surface area contributed by atoms with Crippen molar-refractivity contribution < 1.29 is 18.0 Å². The molecule has 0 saturated heterocycles. The fraction of sp³-hybridized carbons (Fsp3) is 0.118. The second kappa shape index (κ2) is 6.87. The van der Waals surface area contributed by atoms with Gasteiger partial charge in [-0.1, -0.05) is 29.8 Å². The van der Waals surface area contributed by atoms with E-state index in [4.69, 9.17) is 11.6 Å². The Labute approximate surface area is 136 Å². The average Bonchev–Trinajstić information content (AvgIpc) is 2.47. The number of benzene rings is 2. The van der Waals surface area contributed by atoms with E-state index in [1.165, 1.54) is 24.3 Å². The Morgan fingerprint density at radius 3 is 2.35 bits per heavy atom. The van der Waals surface area contributed by atoms with Crippen molar-refractivity contribution in [1.82, 2.24) is 0 Å². The first-order valence-corrected chi connectivity index (χ1v) is 7.06. The maximum absolute atomic E-state index is 12.4. The number of nitrogens with one attached hydrogen (secondary N) is 1. The topological polar surface area (TPSA) is 29.1 Å². The van der Waals surface area contributed by atoms with Crippen LogP contribution in [-0.2, 0) is 11.0 Å². The van der Waals surface area contributed by atoms with Gasteiger partial charge in [-0.3, -0.25) is 4.79 Å². The van der Waals surface area contributed by atoms with E-state index in [0.717, 1.165) is 17.7 Å². The van der Waals surface area contributed by atoms with Gasteiger partial charge in [-0.2, -0.15) is 13.2 Å². The molecule has 0 atom stereocenters. The number of rotatable bonds is 3. The molecule has 0 aliphatic heterocycles. The van der Waals surface area contributed by atoms with Gasteiger partial charge < -0.3 is 5.32 Å². The van der Waals surface area contributed by atoms with Crippen molar-refractivity contribution in [3.8, 4) is 0 Å². The molecule has 6 heteroatoms. The minimum absolute atomic E-state index is 0.418. The van der Waals surface area contributed by atoms with E-state index >= 15 is 0 Å². The van der Waals surface area contributed by atoms with E-state index in [9.17, 15) is 18.0 Å². The Balaban J connectivity index is 2.03. The Morgan fingerprint density at radius 2 is 1.78 bits per heavy atom. The molecule has 23 heavy (non-hydrogen) atoms. The molecule has 0 radical (unpaired) electrons. The van der Waals surface area contributed by atoms with E-state index in [1.807, 2.05) is 6.92 Å². The van der Waals surface area contributed by atoms with Gasteiger partial charge >= 0.3 is 6.18 Å². The molecule has 2 nitrogen and oxygen atoms in total. The highest BCUT2D eigenvalue weighted by Gasteiger charge is 2.29. The standard InChI is InChI=1S/C17H13ClF3NO/c1-11-2-8-15(14(18)10-11)22-16(23)9-5-12-3-6-13(7-4-12)17(19,20)21/h2-10H,1H3,(H,22,23)/b9-5+. The first-order valence-electron chi connectivity index (χ1n) is 6.68. The minimum atomic E-state index is -4.37. The summed E-state index contributed by atoms with van der Waals surface area (Å²) in [6.45, 7) is 1.88. The molecule has 1 N–H and O–H groups in total. The van der Waals surface area contributed by atoms with Gasteiger partial charge in [0, 0.05) is 6.08 Å². The number of carbonyl (C=O) groups is 1. The molecule has 0 heterocycles. The monoisotopic (exact) mass is 339 g/mol. The summed E-state index contributed by atoms with van der Waals surface area (Å²) in [6, 6.07) is 9.74. The number of hydrogen-bond acceptors (Lipinski definition) is 1. The molecule has 0 bridgehead atoms. The molecule has 0 fully saturated rings. The van der Waals surface area contributed by atoms with E-state index in [0.29, 0.717) is 16.3 Å². The third-order valence-electron chi connectivity index (χ3n) is 3.05. The lowest BCUT2D eigenvalue weighted by Crippen LogP contribution is -2.08. The van der Waals surface area contributed by atoms with Crippen LogP contribution in [-0.4, -0.2) is 5.91 Å². The van der Waals surface area contributed by atoms with Crippen molar-refractivity contribution in [3.05, 3.63) is 70.3 Å². The van der Waals surface area contributed by atoms with Crippen molar-refractivity contribution >= 4 is 29.3 Å². The van der Waals surface area contributed by atoms with Crippen molar-refractivity contribution in [2.45, 2.75) is 13.1 Å². The summed E-state index contributed by atoms with van der Waals surface area (Å²) in [5.41, 5.74) is 1.20. The number of carbonyl (C=O) groups excluding carboxylic acids is 1. The number of hydrogen-bond donors (Lipinski definition) is 1. The fourth-order valence-electron chi connectivity index (χ4n) is 1.85. The maximum Gasteiger partial charge on any atom is 0.416 e. The van der Waals surface area contributed by atoms with Gasteiger partial charge in [0.2, 0.25) is 5.91 Å². The lowest BCUT2D eigenvalue weighted by molar-refractivity contribution is -0.137. The van der Waals surface area contributed by atoms with Crippen LogP contribution in [0.3, 0.4) is 0 Å². The molecular weight excluding hydrogens is 327 g/mol. The van der Waals surface area contributed by atoms with E-state index in [2.05, 4.69) is 5.32 Å². The number of anilines is 1. The molecule has 0 unspecified atom stereocenters. The van der Waals surface area contributed by atoms with Crippen LogP contribution in [0, 0.1) is 6.92 Å². The lowest BCUT2D eigenvalue weighted by atomic mass is 10.1. The van der Waals surface area contributed by atoms with Crippen LogP contribution >= 0.6 is 11.6 Å². The van der Waals surface area contributed by atoms with Gasteiger partial charge in [-0.05, 0) is 48.4 Å². The molecule has 0 aromatic heterocycles. The first-order chi connectivity index (χ1) is 10.8. The molecule has 2 aromatic carbocycles. The second-order valence-corrected chi connectivity index (χ2v) is 5.33. The minimum Gasteiger partial charge on any atom is -0.321 e. The zero-order valence-corrected chi connectivity index (χ0v) is 12.9. The summed E-state index contributed by atoms with van der Waals surface area (Å²) < 4.78 is 37.3. The third-order valence-corrected chi connectivity index (χ3v) is 3.36. The van der Waals surface area contributed by atoms with Crippen LogP contribution in [0.5, 0.6) is 0 Å². The third kappa shape index (κ3) is 4.86. The van der Waals surface area contributed by atoms with Gasteiger partial charge in [0.15, 0.2) is 0 Å². The van der Waals surface area contributed by atoms with Crippen molar-refractivity contribution in [3.63, 3.8) is 0 Å². The summed E-state index contributed by atoms with van der Waals surface area (Å²) in [5, 5.41) is 3.02. The van der Waals surface area contributed by atoms with Gasteiger partial charge in [-0.15, -0.1) is 0 Å². The first kappa shape index (κ1) is 17.1. The van der Waals surface area contributed by atoms with Crippen LogP contribution in [0.2, 0.25) is 5.02 Å². The maximum atomic E-state index is 12.4. The van der Waals surface area contributed by atoms with Crippen LogP contribution in [0.15, 0.2) is 48.5 Å². The highest BCUT2D eigenvalue weighted by molar-refractivity contribution is 6.33. The molecule has 0 spiro atoms. The smallest absolute Gasteiger partial charge is 0.321 e. The zero-order chi connectivity index (χ0) is 17.0. The lowest BCUT2D eigenvalue weighted by Gasteiger charge is -2.06. The molecule has 2 aromatic rings. The Bertz CT molecular complexity index is 736. The highest BCUT2D eigenvalue weighted by atomic mass is 35.5. The predicted octanol–water partition coefficient (Wildman–Crippen LogP) is 5.32. The van der Waals surface area contributed by atoms with Gasteiger partial charge in [0.1, 0.15) is 0 Å². The summed E-state index contributed by atoms with van der Waals surface area (Å²) in [4.78, 5) is 11.8.